The van der Waals surface area contributed by atoms with Gasteiger partial charge >= 0.3 is 0 Å². The van der Waals surface area contributed by atoms with E-state index in [1.807, 2.05) is 0 Å². The predicted octanol–water partition coefficient (Wildman–Crippen LogP) is 0.556. The average molecular weight is 353 g/mol. The van der Waals surface area contributed by atoms with Crippen molar-refractivity contribution in [3.8, 4) is 5.75 Å². The maximum absolute atomic E-state index is 12.3. The molecule has 0 aromatic heterocycles. The molecule has 2 N–H and O–H groups in total. The van der Waals surface area contributed by atoms with Crippen LogP contribution in [-0.4, -0.2) is 39.7 Å². The number of phenols is 1. The Morgan fingerprint density at radius 1 is 1.19 bits per heavy atom. The minimum atomic E-state index is -1.03. The normalized spacial score (nSPS) is 21.6. The molecule has 2 aliphatic heterocycles. The quantitative estimate of drug-likeness (QED) is 0.718. The van der Waals surface area contributed by atoms with Gasteiger partial charge in [-0.25, -0.2) is 0 Å². The molecule has 4 amide bonds. The lowest BCUT2D eigenvalue weighted by Crippen LogP contribution is -2.54. The Kier molecular flexibility index (Phi) is 3.05. The summed E-state index contributed by atoms with van der Waals surface area (Å²) in [4.78, 5) is 48.5. The van der Waals surface area contributed by atoms with Gasteiger partial charge in [-0.2, -0.15) is 0 Å². The van der Waals surface area contributed by atoms with Gasteiger partial charge in [0.05, 0.1) is 11.1 Å². The van der Waals surface area contributed by atoms with Gasteiger partial charge in [-0.3, -0.25) is 29.4 Å². The van der Waals surface area contributed by atoms with Crippen molar-refractivity contribution in [2.45, 2.75) is 18.9 Å². The number of aromatic hydroxyl groups is 1. The zero-order valence-electron chi connectivity index (χ0n) is 10.6. The van der Waals surface area contributed by atoms with Crippen molar-refractivity contribution in [2.24, 2.45) is 0 Å². The number of fused-ring (bicyclic) bond motifs is 1. The van der Waals surface area contributed by atoms with Gasteiger partial charge in [0.1, 0.15) is 11.8 Å². The van der Waals surface area contributed by atoms with Crippen molar-refractivity contribution in [3.63, 3.8) is 0 Å². The fourth-order valence-corrected chi connectivity index (χ4v) is 2.99. The Balaban J connectivity index is 2.02. The molecule has 0 spiro atoms. The van der Waals surface area contributed by atoms with Crippen LogP contribution < -0.4 is 5.32 Å². The standard InChI is InChI=1S/C13H9BrN2O5/c14-5-3-6-10(8(17)4-5)13(21)16(12(6)20)7-1-2-9(18)15-11(7)19/h3-4,7,17H,1-2H2,(H,15,18,19). The minimum Gasteiger partial charge on any atom is -0.507 e. The average Bonchev–Trinajstić information content (AvgIpc) is 2.63. The zero-order valence-corrected chi connectivity index (χ0v) is 12.1. The van der Waals surface area contributed by atoms with E-state index in [9.17, 15) is 24.3 Å². The van der Waals surface area contributed by atoms with Crippen molar-refractivity contribution in [1.82, 2.24) is 10.2 Å². The molecule has 2 aliphatic rings. The van der Waals surface area contributed by atoms with E-state index >= 15 is 0 Å². The van der Waals surface area contributed by atoms with Crippen LogP contribution >= 0.6 is 15.9 Å². The number of carbonyl (C=O) groups excluding carboxylic acids is 4. The number of nitrogens with zero attached hydrogens (tertiary/aromatic N) is 1. The summed E-state index contributed by atoms with van der Waals surface area (Å²) in [6.07, 6.45) is 0.136. The summed E-state index contributed by atoms with van der Waals surface area (Å²) in [5.74, 6) is -2.82. The molecule has 8 heteroatoms. The number of phenolic OH excluding ortho intramolecular Hbond substituents is 1. The SMILES string of the molecule is O=C1CCC(N2C(=O)c3cc(Br)cc(O)c3C2=O)C(=O)N1. The van der Waals surface area contributed by atoms with E-state index in [0.717, 1.165) is 4.90 Å². The smallest absolute Gasteiger partial charge is 0.266 e. The molecule has 3 rings (SSSR count). The van der Waals surface area contributed by atoms with Crippen LogP contribution in [0.25, 0.3) is 0 Å². The molecule has 108 valence electrons. The lowest BCUT2D eigenvalue weighted by molar-refractivity contribution is -0.136. The molecule has 1 aromatic rings. The van der Waals surface area contributed by atoms with Crippen LogP contribution in [0.2, 0.25) is 0 Å². The Labute approximate surface area is 127 Å². The second kappa shape index (κ2) is 4.66. The van der Waals surface area contributed by atoms with Crippen LogP contribution in [0.1, 0.15) is 33.6 Å². The summed E-state index contributed by atoms with van der Waals surface area (Å²) in [6, 6.07) is 1.69. The molecule has 1 fully saturated rings. The van der Waals surface area contributed by atoms with Crippen molar-refractivity contribution in [3.05, 3.63) is 27.7 Å². The predicted molar refractivity (Wildman–Crippen MR) is 72.5 cm³/mol. The summed E-state index contributed by atoms with van der Waals surface area (Å²) in [6.45, 7) is 0. The first-order valence-corrected chi connectivity index (χ1v) is 6.93. The van der Waals surface area contributed by atoms with Gasteiger partial charge in [0, 0.05) is 10.9 Å². The van der Waals surface area contributed by atoms with Crippen LogP contribution in [0.3, 0.4) is 0 Å². The minimum absolute atomic E-state index is 0.0385. The van der Waals surface area contributed by atoms with Crippen LogP contribution in [-0.2, 0) is 9.59 Å². The Hall–Kier alpha value is -2.22. The first-order valence-electron chi connectivity index (χ1n) is 6.14. The number of carbonyl (C=O) groups is 4. The Morgan fingerprint density at radius 2 is 1.90 bits per heavy atom. The highest BCUT2D eigenvalue weighted by atomic mass is 79.9. The molecule has 1 aromatic carbocycles. The second-order valence-corrected chi connectivity index (χ2v) is 5.71. The third-order valence-electron chi connectivity index (χ3n) is 3.49. The topological polar surface area (TPSA) is 104 Å². The molecule has 0 bridgehead atoms. The molecule has 0 aliphatic carbocycles. The molecule has 1 atom stereocenters. The Morgan fingerprint density at radius 3 is 2.57 bits per heavy atom. The van der Waals surface area contributed by atoms with E-state index in [2.05, 4.69) is 21.2 Å². The molecule has 7 nitrogen and oxygen atoms in total. The van der Waals surface area contributed by atoms with Crippen molar-refractivity contribution < 1.29 is 24.3 Å². The highest BCUT2D eigenvalue weighted by Gasteiger charge is 2.45. The van der Waals surface area contributed by atoms with Gasteiger partial charge in [0.15, 0.2) is 0 Å². The molecule has 0 saturated carbocycles. The van der Waals surface area contributed by atoms with Gasteiger partial charge in [-0.05, 0) is 18.6 Å². The molecule has 21 heavy (non-hydrogen) atoms. The van der Waals surface area contributed by atoms with E-state index in [1.165, 1.54) is 12.1 Å². The molecule has 1 unspecified atom stereocenters. The van der Waals surface area contributed by atoms with Crippen molar-refractivity contribution >= 4 is 39.6 Å². The summed E-state index contributed by atoms with van der Waals surface area (Å²) in [5, 5.41) is 11.9. The summed E-state index contributed by atoms with van der Waals surface area (Å²) in [7, 11) is 0. The fourth-order valence-electron chi connectivity index (χ4n) is 2.54. The molecule has 0 radical (unpaired) electrons. The molecule has 1 saturated heterocycles. The number of nitrogens with one attached hydrogen (secondary N) is 1. The number of amides is 4. The largest absolute Gasteiger partial charge is 0.507 e. The third-order valence-corrected chi connectivity index (χ3v) is 3.94. The zero-order chi connectivity index (χ0) is 15.3. The number of hydrogen-bond acceptors (Lipinski definition) is 5. The van der Waals surface area contributed by atoms with Gasteiger partial charge in [-0.15, -0.1) is 0 Å². The van der Waals surface area contributed by atoms with Gasteiger partial charge in [0.2, 0.25) is 11.8 Å². The van der Waals surface area contributed by atoms with Gasteiger partial charge < -0.3 is 5.11 Å². The molecule has 2 heterocycles. The first-order chi connectivity index (χ1) is 9.90. The number of rotatable bonds is 1. The molecular formula is C13H9BrN2O5. The van der Waals surface area contributed by atoms with E-state index in [-0.39, 0.29) is 29.7 Å². The van der Waals surface area contributed by atoms with Gasteiger partial charge in [0.25, 0.3) is 11.8 Å². The lowest BCUT2D eigenvalue weighted by atomic mass is 10.0. The monoisotopic (exact) mass is 352 g/mol. The maximum Gasteiger partial charge on any atom is 0.266 e. The van der Waals surface area contributed by atoms with Crippen LogP contribution in [0.15, 0.2) is 16.6 Å². The fraction of sp³-hybridized carbons (Fsp3) is 0.231. The number of hydrogen-bond donors (Lipinski definition) is 2. The number of halogens is 1. The van der Waals surface area contributed by atoms with Crippen LogP contribution in [0.4, 0.5) is 0 Å². The Bertz CT molecular complexity index is 715. The highest BCUT2D eigenvalue weighted by Crippen LogP contribution is 2.35. The van der Waals surface area contributed by atoms with E-state index < -0.39 is 29.7 Å². The van der Waals surface area contributed by atoms with Crippen molar-refractivity contribution in [1.29, 1.82) is 0 Å². The van der Waals surface area contributed by atoms with Crippen molar-refractivity contribution in [2.75, 3.05) is 0 Å². The first kappa shape index (κ1) is 13.7. The lowest BCUT2D eigenvalue weighted by Gasteiger charge is -2.27. The highest BCUT2D eigenvalue weighted by molar-refractivity contribution is 9.10. The van der Waals surface area contributed by atoms with Gasteiger partial charge in [-0.1, -0.05) is 15.9 Å². The number of imide groups is 2. The third kappa shape index (κ3) is 2.02. The summed E-state index contributed by atoms with van der Waals surface area (Å²) >= 11 is 3.13. The number of benzene rings is 1. The van der Waals surface area contributed by atoms with Crippen LogP contribution in [0.5, 0.6) is 5.75 Å². The van der Waals surface area contributed by atoms with E-state index in [0.29, 0.717) is 4.47 Å². The van der Waals surface area contributed by atoms with E-state index in [1.54, 1.807) is 0 Å². The second-order valence-electron chi connectivity index (χ2n) is 4.79. The summed E-state index contributed by atoms with van der Waals surface area (Å²) < 4.78 is 0.449. The number of piperidine rings is 1. The van der Waals surface area contributed by atoms with Crippen LogP contribution in [0, 0.1) is 0 Å². The maximum atomic E-state index is 12.3. The van der Waals surface area contributed by atoms with E-state index in [4.69, 9.17) is 0 Å². The summed E-state index contributed by atoms with van der Waals surface area (Å²) in [5.41, 5.74) is -0.0792. The molecular weight excluding hydrogens is 344 g/mol.